The number of hydrogen-bond acceptors (Lipinski definition) is 2. The Hall–Kier alpha value is -1.56. The zero-order valence-electron chi connectivity index (χ0n) is 11.8. The van der Waals surface area contributed by atoms with Gasteiger partial charge in [-0.3, -0.25) is 4.79 Å². The fraction of sp³-hybridized carbons (Fsp3) is 0.533. The van der Waals surface area contributed by atoms with Crippen molar-refractivity contribution in [3.63, 3.8) is 0 Å². The van der Waals surface area contributed by atoms with Gasteiger partial charge in [0.25, 0.3) is 0 Å². The van der Waals surface area contributed by atoms with Crippen LogP contribution in [0.15, 0.2) is 30.3 Å². The molecule has 1 unspecified atom stereocenters. The van der Waals surface area contributed by atoms with Crippen molar-refractivity contribution in [1.82, 2.24) is 4.90 Å². The molecule has 6 heteroatoms. The number of rotatable bonds is 3. The first-order valence-corrected chi connectivity index (χ1v) is 6.95. The summed E-state index contributed by atoms with van der Waals surface area (Å²) in [7, 11) is 0. The van der Waals surface area contributed by atoms with Crippen molar-refractivity contribution in [3.8, 4) is 0 Å². The van der Waals surface area contributed by atoms with Crippen molar-refractivity contribution < 1.29 is 18.0 Å². The van der Waals surface area contributed by atoms with Crippen molar-refractivity contribution in [2.75, 3.05) is 19.6 Å². The fourth-order valence-electron chi connectivity index (χ4n) is 2.78. The molecular weight excluding hydrogens is 281 g/mol. The molecule has 116 valence electrons. The highest BCUT2D eigenvalue weighted by Crippen LogP contribution is 2.35. The minimum Gasteiger partial charge on any atom is -0.341 e. The van der Waals surface area contributed by atoms with Crippen molar-refractivity contribution in [3.05, 3.63) is 35.9 Å². The van der Waals surface area contributed by atoms with Crippen molar-refractivity contribution in [2.45, 2.75) is 19.0 Å². The molecule has 1 aromatic carbocycles. The Balaban J connectivity index is 2.14. The number of amides is 1. The molecule has 1 heterocycles. The molecule has 0 aromatic heterocycles. The van der Waals surface area contributed by atoms with Crippen LogP contribution in [0.5, 0.6) is 0 Å². The normalized spacial score (nSPS) is 24.1. The van der Waals surface area contributed by atoms with Crippen LogP contribution in [0.3, 0.4) is 0 Å². The topological polar surface area (TPSA) is 46.3 Å². The van der Waals surface area contributed by atoms with E-state index < -0.39 is 18.0 Å². The molecule has 0 saturated carbocycles. The average molecular weight is 300 g/mol. The number of halogens is 3. The lowest BCUT2D eigenvalue weighted by molar-refractivity contribution is -0.184. The molecular formula is C15H19F3N2O. The zero-order chi connectivity index (χ0) is 15.6. The van der Waals surface area contributed by atoms with Gasteiger partial charge in [0.1, 0.15) is 5.92 Å². The van der Waals surface area contributed by atoms with Gasteiger partial charge in [-0.2, -0.15) is 13.2 Å². The lowest BCUT2D eigenvalue weighted by atomic mass is 9.89. The maximum Gasteiger partial charge on any atom is 0.400 e. The number of hydrogen-bond donors (Lipinski definition) is 1. The Labute approximate surface area is 121 Å². The summed E-state index contributed by atoms with van der Waals surface area (Å²) in [6.07, 6.45) is -4.50. The van der Waals surface area contributed by atoms with Gasteiger partial charge < -0.3 is 10.6 Å². The zero-order valence-corrected chi connectivity index (χ0v) is 11.8. The van der Waals surface area contributed by atoms with Gasteiger partial charge in [0, 0.05) is 19.0 Å². The van der Waals surface area contributed by atoms with E-state index in [1.165, 1.54) is 4.90 Å². The molecule has 3 atom stereocenters. The highest BCUT2D eigenvalue weighted by atomic mass is 19.4. The predicted octanol–water partition coefficient (Wildman–Crippen LogP) is 2.39. The number of nitrogens with zero attached hydrogens (tertiary/aromatic N) is 1. The van der Waals surface area contributed by atoms with E-state index in [2.05, 4.69) is 0 Å². The minimum atomic E-state index is -4.50. The first kappa shape index (κ1) is 15.8. The third-order valence-electron chi connectivity index (χ3n) is 4.14. The highest BCUT2D eigenvalue weighted by Gasteiger charge is 2.45. The Morgan fingerprint density at radius 3 is 2.48 bits per heavy atom. The van der Waals surface area contributed by atoms with Crippen LogP contribution in [0.4, 0.5) is 13.2 Å². The van der Waals surface area contributed by atoms with Crippen LogP contribution in [0.1, 0.15) is 18.4 Å². The van der Waals surface area contributed by atoms with E-state index in [9.17, 15) is 18.0 Å². The number of likely N-dealkylation sites (tertiary alicyclic amines) is 1. The van der Waals surface area contributed by atoms with Crippen LogP contribution in [0, 0.1) is 11.8 Å². The van der Waals surface area contributed by atoms with Gasteiger partial charge in [0.15, 0.2) is 0 Å². The second-order valence-corrected chi connectivity index (χ2v) is 5.52. The van der Waals surface area contributed by atoms with E-state index in [-0.39, 0.29) is 18.4 Å². The smallest absolute Gasteiger partial charge is 0.341 e. The third kappa shape index (κ3) is 3.37. The summed E-state index contributed by atoms with van der Waals surface area (Å²) in [5.74, 6) is -2.83. The monoisotopic (exact) mass is 300 g/mol. The third-order valence-corrected chi connectivity index (χ3v) is 4.14. The van der Waals surface area contributed by atoms with Crippen LogP contribution in [0.25, 0.3) is 0 Å². The van der Waals surface area contributed by atoms with Gasteiger partial charge in [-0.25, -0.2) is 0 Å². The standard InChI is InChI=1S/C15H19F3N2O/c1-10(15(16,17)18)14(21)20-8-12(7-19)13(9-20)11-5-3-2-4-6-11/h2-6,10,12-13H,7-9,19H2,1H3/t10?,12-,13+/m1/s1. The van der Waals surface area contributed by atoms with Gasteiger partial charge in [-0.05, 0) is 24.9 Å². The van der Waals surface area contributed by atoms with E-state index in [0.717, 1.165) is 12.5 Å². The number of carbonyl (C=O) groups is 1. The van der Waals surface area contributed by atoms with Crippen LogP contribution in [0.2, 0.25) is 0 Å². The van der Waals surface area contributed by atoms with E-state index in [4.69, 9.17) is 5.73 Å². The van der Waals surface area contributed by atoms with Crippen molar-refractivity contribution >= 4 is 5.91 Å². The number of carbonyl (C=O) groups excluding carboxylic acids is 1. The Morgan fingerprint density at radius 2 is 1.95 bits per heavy atom. The second-order valence-electron chi connectivity index (χ2n) is 5.52. The Bertz CT molecular complexity index is 489. The van der Waals surface area contributed by atoms with Crippen LogP contribution in [-0.2, 0) is 4.79 Å². The van der Waals surface area contributed by atoms with E-state index in [1.807, 2.05) is 30.3 Å². The van der Waals surface area contributed by atoms with Crippen molar-refractivity contribution in [1.29, 1.82) is 0 Å². The molecule has 3 nitrogen and oxygen atoms in total. The predicted molar refractivity (Wildman–Crippen MR) is 73.5 cm³/mol. The molecule has 0 aliphatic carbocycles. The second kappa shape index (κ2) is 6.05. The maximum atomic E-state index is 12.7. The van der Waals surface area contributed by atoms with E-state index >= 15 is 0 Å². The van der Waals surface area contributed by atoms with E-state index in [0.29, 0.717) is 13.1 Å². The van der Waals surface area contributed by atoms with Crippen molar-refractivity contribution in [2.24, 2.45) is 17.6 Å². The molecule has 0 bridgehead atoms. The van der Waals surface area contributed by atoms with Gasteiger partial charge in [0.05, 0.1) is 0 Å². The largest absolute Gasteiger partial charge is 0.400 e. The molecule has 1 aliphatic rings. The van der Waals surface area contributed by atoms with Gasteiger partial charge in [-0.1, -0.05) is 30.3 Å². The summed E-state index contributed by atoms with van der Waals surface area (Å²) in [6, 6.07) is 9.49. The lowest BCUT2D eigenvalue weighted by Gasteiger charge is -2.22. The van der Waals surface area contributed by atoms with Crippen LogP contribution < -0.4 is 5.73 Å². The quantitative estimate of drug-likeness (QED) is 0.931. The van der Waals surface area contributed by atoms with Gasteiger partial charge in [0.2, 0.25) is 5.91 Å². The number of benzene rings is 1. The molecule has 0 radical (unpaired) electrons. The first-order chi connectivity index (χ1) is 9.84. The highest BCUT2D eigenvalue weighted by molar-refractivity contribution is 5.79. The average Bonchev–Trinajstić information content (AvgIpc) is 2.90. The molecule has 2 rings (SSSR count). The van der Waals surface area contributed by atoms with E-state index in [1.54, 1.807) is 0 Å². The summed E-state index contributed by atoms with van der Waals surface area (Å²) in [5, 5.41) is 0. The molecule has 1 saturated heterocycles. The summed E-state index contributed by atoms with van der Waals surface area (Å²) in [4.78, 5) is 13.3. The molecule has 1 aliphatic heterocycles. The molecule has 1 amide bonds. The summed E-state index contributed by atoms with van der Waals surface area (Å²) >= 11 is 0. The minimum absolute atomic E-state index is 0.000540. The molecule has 1 aromatic rings. The SMILES string of the molecule is CC(C(=O)N1C[C@@H](CN)[C@H](c2ccccc2)C1)C(F)(F)F. The fourth-order valence-corrected chi connectivity index (χ4v) is 2.78. The number of alkyl halides is 3. The summed E-state index contributed by atoms with van der Waals surface area (Å²) in [6.45, 7) is 1.85. The number of nitrogens with two attached hydrogens (primary N) is 1. The van der Waals surface area contributed by atoms with Crippen LogP contribution in [-0.4, -0.2) is 36.6 Å². The molecule has 2 N–H and O–H groups in total. The van der Waals surface area contributed by atoms with Crippen LogP contribution >= 0.6 is 0 Å². The Morgan fingerprint density at radius 1 is 1.33 bits per heavy atom. The van der Waals surface area contributed by atoms with Gasteiger partial charge >= 0.3 is 6.18 Å². The van der Waals surface area contributed by atoms with Gasteiger partial charge in [-0.15, -0.1) is 0 Å². The Kier molecular flexibility index (Phi) is 4.56. The summed E-state index contributed by atoms with van der Waals surface area (Å²) in [5.41, 5.74) is 6.74. The molecule has 1 fully saturated rings. The lowest BCUT2D eigenvalue weighted by Crippen LogP contribution is -2.40. The molecule has 21 heavy (non-hydrogen) atoms. The molecule has 0 spiro atoms. The summed E-state index contributed by atoms with van der Waals surface area (Å²) < 4.78 is 38.0. The first-order valence-electron chi connectivity index (χ1n) is 6.95. The maximum absolute atomic E-state index is 12.7.